The van der Waals surface area contributed by atoms with Gasteiger partial charge in [0.25, 0.3) is 0 Å². The number of hydrogen-bond donors (Lipinski definition) is 0. The summed E-state index contributed by atoms with van der Waals surface area (Å²) in [6, 6.07) is 0. The van der Waals surface area contributed by atoms with E-state index in [-0.39, 0.29) is 0 Å². The van der Waals surface area contributed by atoms with Crippen molar-refractivity contribution in [2.45, 2.75) is 44.4 Å². The predicted molar refractivity (Wildman–Crippen MR) is 51.4 cm³/mol. The van der Waals surface area contributed by atoms with Gasteiger partial charge in [-0.2, -0.15) is 0 Å². The largest absolute Gasteiger partial charge is 0.320 e. The fourth-order valence-corrected chi connectivity index (χ4v) is 2.20. The van der Waals surface area contributed by atoms with Crippen LogP contribution >= 0.6 is 0 Å². The van der Waals surface area contributed by atoms with Crippen LogP contribution in [-0.4, -0.2) is 14.8 Å². The second-order valence-corrected chi connectivity index (χ2v) is 3.99. The standard InChI is InChI=1S/C10H17N3/c1-13-8-11-12-10(13)9-6-4-2-3-5-7-9/h8-9H,2-7H2,1H3. The molecule has 0 atom stereocenters. The molecule has 1 saturated carbocycles. The first-order valence-corrected chi connectivity index (χ1v) is 5.22. The quantitative estimate of drug-likeness (QED) is 0.619. The van der Waals surface area contributed by atoms with E-state index in [0.29, 0.717) is 5.92 Å². The Kier molecular flexibility index (Phi) is 2.62. The van der Waals surface area contributed by atoms with Crippen molar-refractivity contribution >= 4 is 0 Å². The third-order valence-corrected chi connectivity index (χ3v) is 2.97. The van der Waals surface area contributed by atoms with Gasteiger partial charge in [0.2, 0.25) is 0 Å². The van der Waals surface area contributed by atoms with Gasteiger partial charge in [0.1, 0.15) is 12.2 Å². The number of rotatable bonds is 1. The molecule has 1 aromatic heterocycles. The van der Waals surface area contributed by atoms with Gasteiger partial charge in [-0.25, -0.2) is 0 Å². The molecule has 0 N–H and O–H groups in total. The molecule has 1 fully saturated rings. The van der Waals surface area contributed by atoms with Crippen LogP contribution in [0, 0.1) is 0 Å². The Morgan fingerprint density at radius 1 is 1.23 bits per heavy atom. The van der Waals surface area contributed by atoms with Crippen LogP contribution < -0.4 is 0 Å². The average molecular weight is 179 g/mol. The Balaban J connectivity index is 2.10. The van der Waals surface area contributed by atoms with E-state index in [9.17, 15) is 0 Å². The smallest absolute Gasteiger partial charge is 0.135 e. The average Bonchev–Trinajstić information content (AvgIpc) is 2.43. The molecule has 0 bridgehead atoms. The number of aryl methyl sites for hydroxylation is 1. The Hall–Kier alpha value is -0.860. The fourth-order valence-electron chi connectivity index (χ4n) is 2.20. The van der Waals surface area contributed by atoms with Crippen molar-refractivity contribution in [1.82, 2.24) is 14.8 Å². The van der Waals surface area contributed by atoms with Gasteiger partial charge in [-0.1, -0.05) is 25.7 Å². The van der Waals surface area contributed by atoms with Crippen molar-refractivity contribution in [2.24, 2.45) is 7.05 Å². The summed E-state index contributed by atoms with van der Waals surface area (Å²) in [6.07, 6.45) is 9.91. The molecule has 0 saturated heterocycles. The van der Waals surface area contributed by atoms with Gasteiger partial charge < -0.3 is 4.57 Å². The van der Waals surface area contributed by atoms with Gasteiger partial charge >= 0.3 is 0 Å². The minimum Gasteiger partial charge on any atom is -0.320 e. The van der Waals surface area contributed by atoms with Crippen molar-refractivity contribution in [3.05, 3.63) is 12.2 Å². The van der Waals surface area contributed by atoms with Crippen LogP contribution in [0.25, 0.3) is 0 Å². The molecule has 1 heterocycles. The summed E-state index contributed by atoms with van der Waals surface area (Å²) in [5.74, 6) is 1.84. The summed E-state index contributed by atoms with van der Waals surface area (Å²) in [5, 5.41) is 8.13. The van der Waals surface area contributed by atoms with Crippen molar-refractivity contribution < 1.29 is 0 Å². The van der Waals surface area contributed by atoms with Crippen LogP contribution in [0.4, 0.5) is 0 Å². The van der Waals surface area contributed by atoms with Crippen LogP contribution in [0.5, 0.6) is 0 Å². The van der Waals surface area contributed by atoms with E-state index in [2.05, 4.69) is 14.8 Å². The van der Waals surface area contributed by atoms with Gasteiger partial charge in [0, 0.05) is 13.0 Å². The van der Waals surface area contributed by atoms with Gasteiger partial charge in [-0.15, -0.1) is 10.2 Å². The Morgan fingerprint density at radius 3 is 2.46 bits per heavy atom. The third-order valence-electron chi connectivity index (χ3n) is 2.97. The maximum Gasteiger partial charge on any atom is 0.135 e. The van der Waals surface area contributed by atoms with E-state index < -0.39 is 0 Å². The molecule has 0 aromatic carbocycles. The lowest BCUT2D eigenvalue weighted by Gasteiger charge is -2.11. The summed E-state index contributed by atoms with van der Waals surface area (Å²) >= 11 is 0. The first kappa shape index (κ1) is 8.73. The molecule has 3 heteroatoms. The molecule has 3 nitrogen and oxygen atoms in total. The van der Waals surface area contributed by atoms with Crippen molar-refractivity contribution in [1.29, 1.82) is 0 Å². The van der Waals surface area contributed by atoms with Gasteiger partial charge in [0.15, 0.2) is 0 Å². The summed E-state index contributed by atoms with van der Waals surface area (Å²) in [4.78, 5) is 0. The van der Waals surface area contributed by atoms with Crippen LogP contribution in [0.2, 0.25) is 0 Å². The summed E-state index contributed by atoms with van der Waals surface area (Å²) in [6.45, 7) is 0. The van der Waals surface area contributed by atoms with E-state index in [1.54, 1.807) is 6.33 Å². The highest BCUT2D eigenvalue weighted by Gasteiger charge is 2.18. The molecule has 0 aliphatic heterocycles. The lowest BCUT2D eigenvalue weighted by molar-refractivity contribution is 0.540. The van der Waals surface area contributed by atoms with E-state index in [1.165, 1.54) is 44.3 Å². The molecule has 2 rings (SSSR count). The zero-order valence-electron chi connectivity index (χ0n) is 8.24. The minimum absolute atomic E-state index is 0.662. The molecule has 72 valence electrons. The Bertz CT molecular complexity index is 259. The SMILES string of the molecule is Cn1cnnc1C1CCCCCC1. The summed E-state index contributed by atoms with van der Waals surface area (Å²) in [5.41, 5.74) is 0. The molecule has 13 heavy (non-hydrogen) atoms. The molecule has 1 aromatic rings. The minimum atomic E-state index is 0.662. The van der Waals surface area contributed by atoms with Crippen LogP contribution in [0.1, 0.15) is 50.3 Å². The maximum absolute atomic E-state index is 4.19. The van der Waals surface area contributed by atoms with E-state index in [4.69, 9.17) is 0 Å². The first-order valence-electron chi connectivity index (χ1n) is 5.22. The monoisotopic (exact) mass is 179 g/mol. The van der Waals surface area contributed by atoms with E-state index in [1.807, 2.05) is 7.05 Å². The second-order valence-electron chi connectivity index (χ2n) is 3.99. The van der Waals surface area contributed by atoms with Gasteiger partial charge in [-0.05, 0) is 12.8 Å². The zero-order chi connectivity index (χ0) is 9.10. The molecule has 0 unspecified atom stereocenters. The molecule has 0 spiro atoms. The number of aromatic nitrogens is 3. The van der Waals surface area contributed by atoms with Crippen LogP contribution in [0.3, 0.4) is 0 Å². The zero-order valence-corrected chi connectivity index (χ0v) is 8.24. The van der Waals surface area contributed by atoms with Gasteiger partial charge in [-0.3, -0.25) is 0 Å². The van der Waals surface area contributed by atoms with Crippen LogP contribution in [-0.2, 0) is 7.05 Å². The molecular weight excluding hydrogens is 162 g/mol. The molecular formula is C10H17N3. The number of hydrogen-bond acceptors (Lipinski definition) is 2. The topological polar surface area (TPSA) is 30.7 Å². The Labute approximate surface area is 79.2 Å². The highest BCUT2D eigenvalue weighted by molar-refractivity contribution is 4.96. The highest BCUT2D eigenvalue weighted by Crippen LogP contribution is 2.29. The first-order chi connectivity index (χ1) is 6.38. The predicted octanol–water partition coefficient (Wildman–Crippen LogP) is 2.25. The maximum atomic E-state index is 4.19. The van der Waals surface area contributed by atoms with Crippen molar-refractivity contribution in [3.63, 3.8) is 0 Å². The molecule has 0 radical (unpaired) electrons. The third kappa shape index (κ3) is 1.90. The second kappa shape index (κ2) is 3.90. The summed E-state index contributed by atoms with van der Waals surface area (Å²) in [7, 11) is 2.04. The van der Waals surface area contributed by atoms with Crippen molar-refractivity contribution in [2.75, 3.05) is 0 Å². The fraction of sp³-hybridized carbons (Fsp3) is 0.800. The van der Waals surface area contributed by atoms with Crippen molar-refractivity contribution in [3.8, 4) is 0 Å². The number of nitrogens with zero attached hydrogens (tertiary/aromatic N) is 3. The molecule has 0 amide bonds. The summed E-state index contributed by atoms with van der Waals surface area (Å²) < 4.78 is 2.07. The van der Waals surface area contributed by atoms with Gasteiger partial charge in [0.05, 0.1) is 0 Å². The molecule has 1 aliphatic rings. The Morgan fingerprint density at radius 2 is 1.92 bits per heavy atom. The lowest BCUT2D eigenvalue weighted by atomic mass is 10.00. The lowest BCUT2D eigenvalue weighted by Crippen LogP contribution is -2.05. The van der Waals surface area contributed by atoms with E-state index >= 15 is 0 Å². The molecule has 1 aliphatic carbocycles. The normalized spacial score (nSPS) is 20.1. The van der Waals surface area contributed by atoms with E-state index in [0.717, 1.165) is 0 Å². The highest BCUT2D eigenvalue weighted by atomic mass is 15.2. The van der Waals surface area contributed by atoms with Crippen LogP contribution in [0.15, 0.2) is 6.33 Å².